The molecule has 5 rings (SSSR count). The van der Waals surface area contributed by atoms with Gasteiger partial charge in [-0.05, 0) is 93.5 Å². The van der Waals surface area contributed by atoms with Crippen LogP contribution in [-0.4, -0.2) is 4.57 Å². The second-order valence-corrected chi connectivity index (χ2v) is 23.7. The van der Waals surface area contributed by atoms with Crippen molar-refractivity contribution in [3.63, 3.8) is 0 Å². The summed E-state index contributed by atoms with van der Waals surface area (Å²) in [7, 11) is 0. The van der Waals surface area contributed by atoms with Gasteiger partial charge in [0.15, 0.2) is 0 Å². The van der Waals surface area contributed by atoms with Crippen LogP contribution in [-0.2, 0) is 19.4 Å². The summed E-state index contributed by atoms with van der Waals surface area (Å²) in [5.74, 6) is 0. The maximum atomic E-state index is 14.1. The van der Waals surface area contributed by atoms with E-state index in [1.54, 1.807) is 16.9 Å². The molecule has 0 saturated carbocycles. The van der Waals surface area contributed by atoms with Crippen molar-refractivity contribution in [3.8, 4) is 9.75 Å². The van der Waals surface area contributed by atoms with Gasteiger partial charge in [0, 0.05) is 35.8 Å². The van der Waals surface area contributed by atoms with Gasteiger partial charge in [-0.25, -0.2) is 0 Å². The minimum absolute atomic E-state index is 0.207. The fourth-order valence-corrected chi connectivity index (χ4v) is 14.0. The molecule has 0 unspecified atom stereocenters. The number of fused-ring (bicyclic) bond motifs is 3. The molecule has 0 saturated heterocycles. The number of thiophene rings is 4. The number of hydrogen-bond acceptors (Lipinski definition) is 5. The average molecular weight is 931 g/mol. The summed E-state index contributed by atoms with van der Waals surface area (Å²) in [5.41, 5.74) is 4.41. The Hall–Kier alpha value is -1.99. The summed E-state index contributed by atoms with van der Waals surface area (Å²) in [6.07, 6.45) is 47.9. The minimum Gasteiger partial charge on any atom is -0.307 e. The van der Waals surface area contributed by atoms with E-state index < -0.39 is 0 Å². The van der Waals surface area contributed by atoms with Crippen molar-refractivity contribution in [2.24, 2.45) is 0 Å². The number of unbranched alkanes of at least 4 members (excludes halogenated alkanes) is 27. The highest BCUT2D eigenvalue weighted by atomic mass is 32.1. The molecule has 5 aromatic rings. The van der Waals surface area contributed by atoms with Gasteiger partial charge in [0.1, 0.15) is 0 Å². The molecule has 0 aliphatic heterocycles. The topological polar surface area (TPSA) is 22.0 Å². The number of aryl methyl sites for hydroxylation is 5. The van der Waals surface area contributed by atoms with Crippen molar-refractivity contribution < 1.29 is 0 Å². The van der Waals surface area contributed by atoms with Crippen molar-refractivity contribution in [1.82, 2.24) is 4.57 Å². The van der Waals surface area contributed by atoms with Crippen LogP contribution in [0.1, 0.15) is 244 Å². The zero-order valence-corrected chi connectivity index (χ0v) is 44.1. The van der Waals surface area contributed by atoms with Crippen molar-refractivity contribution in [1.29, 1.82) is 0 Å². The molecule has 0 atom stereocenters. The standard InChI is InChI=1S/C57H87NOS4/c1-6-9-12-15-18-21-24-27-30-33-36-47-41-45(4)60-51(47)38-39-52-48(37-34-31-28-25-22-19-16-13-10-7-2)43-53(62-52)54-44-50-56(63-54)55-49(42-46(5)61-55)57(59)58(50)40-35-32-29-26-23-20-17-14-11-8-3/h38-39,41-44H,6-37,40H2,1-5H3/b39-38+. The second kappa shape index (κ2) is 30.3. The van der Waals surface area contributed by atoms with Crippen LogP contribution in [0.4, 0.5) is 0 Å². The smallest absolute Gasteiger partial charge is 0.259 e. The van der Waals surface area contributed by atoms with E-state index in [0.717, 1.165) is 30.3 Å². The molecule has 0 spiro atoms. The lowest BCUT2D eigenvalue weighted by Crippen LogP contribution is -2.19. The van der Waals surface area contributed by atoms with Gasteiger partial charge in [0.25, 0.3) is 5.56 Å². The molecule has 0 aromatic carbocycles. The molecule has 2 nitrogen and oxygen atoms in total. The molecule has 0 bridgehead atoms. The van der Waals surface area contributed by atoms with E-state index in [-0.39, 0.29) is 5.56 Å². The molecule has 6 heteroatoms. The monoisotopic (exact) mass is 930 g/mol. The van der Waals surface area contributed by atoms with E-state index in [4.69, 9.17) is 0 Å². The van der Waals surface area contributed by atoms with Crippen molar-refractivity contribution in [3.05, 3.63) is 65.3 Å². The van der Waals surface area contributed by atoms with E-state index in [2.05, 4.69) is 75.6 Å². The van der Waals surface area contributed by atoms with E-state index in [9.17, 15) is 4.79 Å². The fraction of sp³-hybridized carbons (Fsp3) is 0.667. The Morgan fingerprint density at radius 1 is 0.429 bits per heavy atom. The van der Waals surface area contributed by atoms with E-state index in [1.807, 2.05) is 34.0 Å². The molecule has 350 valence electrons. The molecule has 0 N–H and O–H groups in total. The van der Waals surface area contributed by atoms with Gasteiger partial charge in [0.2, 0.25) is 0 Å². The van der Waals surface area contributed by atoms with Gasteiger partial charge in [-0.1, -0.05) is 194 Å². The van der Waals surface area contributed by atoms with E-state index in [0.29, 0.717) is 0 Å². The van der Waals surface area contributed by atoms with Crippen LogP contribution >= 0.6 is 45.3 Å². The highest BCUT2D eigenvalue weighted by Gasteiger charge is 2.19. The van der Waals surface area contributed by atoms with Gasteiger partial charge < -0.3 is 4.57 Å². The van der Waals surface area contributed by atoms with Gasteiger partial charge >= 0.3 is 0 Å². The molecule has 0 amide bonds. The summed E-state index contributed by atoms with van der Waals surface area (Å²) >= 11 is 7.67. The second-order valence-electron chi connectivity index (χ2n) is 19.0. The fourth-order valence-electron chi connectivity index (χ4n) is 9.52. The minimum atomic E-state index is 0.207. The van der Waals surface area contributed by atoms with Crippen LogP contribution < -0.4 is 5.56 Å². The maximum absolute atomic E-state index is 14.1. The lowest BCUT2D eigenvalue weighted by Gasteiger charge is -2.09. The molecular weight excluding hydrogens is 843 g/mol. The summed E-state index contributed by atoms with van der Waals surface area (Å²) in [6.45, 7) is 12.2. The van der Waals surface area contributed by atoms with Gasteiger partial charge in [-0.15, -0.1) is 45.3 Å². The van der Waals surface area contributed by atoms with Gasteiger partial charge in [0.05, 0.1) is 20.3 Å². The molecule has 0 aliphatic rings. The van der Waals surface area contributed by atoms with E-state index in [1.165, 1.54) is 237 Å². The number of aromatic nitrogens is 1. The van der Waals surface area contributed by atoms with Crippen molar-refractivity contribution >= 4 is 77.8 Å². The molecule has 0 radical (unpaired) electrons. The third kappa shape index (κ3) is 17.6. The first-order chi connectivity index (χ1) is 30.9. The number of hydrogen-bond donors (Lipinski definition) is 0. The van der Waals surface area contributed by atoms with Gasteiger partial charge in [-0.3, -0.25) is 4.79 Å². The third-order valence-electron chi connectivity index (χ3n) is 13.3. The number of nitrogens with zero attached hydrogens (tertiary/aromatic N) is 1. The normalized spacial score (nSPS) is 12.1. The maximum Gasteiger partial charge on any atom is 0.259 e. The molecule has 5 heterocycles. The molecule has 0 aliphatic carbocycles. The SMILES string of the molecule is CCCCCCCCCCCCc1cc(C)sc1/C=C/c1sc(-c2cc3c(s2)c2sc(C)cc2c(=O)n3CCCCCCCCCCCC)cc1CCCCCCCCCCCC. The highest BCUT2D eigenvalue weighted by molar-refractivity contribution is 7.30. The first kappa shape index (κ1) is 52.0. The van der Waals surface area contributed by atoms with E-state index >= 15 is 0 Å². The van der Waals surface area contributed by atoms with Crippen LogP contribution in [0.2, 0.25) is 0 Å². The Kier molecular flexibility index (Phi) is 25.0. The quantitative estimate of drug-likeness (QED) is 0.0367. The molecule has 0 fully saturated rings. The average Bonchev–Trinajstić information content (AvgIpc) is 4.08. The highest BCUT2D eigenvalue weighted by Crippen LogP contribution is 2.43. The van der Waals surface area contributed by atoms with Gasteiger partial charge in [-0.2, -0.15) is 0 Å². The number of pyridine rings is 1. The van der Waals surface area contributed by atoms with Crippen LogP contribution in [0.3, 0.4) is 0 Å². The zero-order valence-electron chi connectivity index (χ0n) is 40.8. The Bertz CT molecular complexity index is 2080. The number of rotatable bonds is 36. The van der Waals surface area contributed by atoms with Crippen molar-refractivity contribution in [2.45, 2.75) is 247 Å². The zero-order chi connectivity index (χ0) is 44.5. The van der Waals surface area contributed by atoms with Crippen LogP contribution in [0.15, 0.2) is 29.1 Å². The Morgan fingerprint density at radius 2 is 0.841 bits per heavy atom. The van der Waals surface area contributed by atoms with Crippen molar-refractivity contribution in [2.75, 3.05) is 0 Å². The summed E-state index contributed by atoms with van der Waals surface area (Å²) in [6, 6.07) is 9.51. The van der Waals surface area contributed by atoms with Crippen LogP contribution in [0.25, 0.3) is 42.2 Å². The largest absolute Gasteiger partial charge is 0.307 e. The Morgan fingerprint density at radius 3 is 1.35 bits per heavy atom. The lowest BCUT2D eigenvalue weighted by atomic mass is 10.0. The molecular formula is C57H87NOS4. The molecule has 5 aromatic heterocycles. The first-order valence-electron chi connectivity index (χ1n) is 26.4. The predicted octanol–water partition coefficient (Wildman–Crippen LogP) is 20.7. The van der Waals surface area contributed by atoms with Crippen LogP contribution in [0, 0.1) is 13.8 Å². The summed E-state index contributed by atoms with van der Waals surface area (Å²) in [4.78, 5) is 22.3. The summed E-state index contributed by atoms with van der Waals surface area (Å²) in [5, 5.41) is 0.918. The third-order valence-corrected chi connectivity index (χ3v) is 18.0. The lowest BCUT2D eigenvalue weighted by molar-refractivity contribution is 0.536. The van der Waals surface area contributed by atoms with Crippen LogP contribution in [0.5, 0.6) is 0 Å². The first-order valence-corrected chi connectivity index (χ1v) is 29.7. The molecule has 63 heavy (non-hydrogen) atoms. The summed E-state index contributed by atoms with van der Waals surface area (Å²) < 4.78 is 4.63. The Labute approximate surface area is 401 Å². The Balaban J connectivity index is 1.29. The predicted molar refractivity (Wildman–Crippen MR) is 290 cm³/mol.